The van der Waals surface area contributed by atoms with Crippen LogP contribution in [0.4, 0.5) is 8.78 Å². The van der Waals surface area contributed by atoms with Crippen LogP contribution in [0.3, 0.4) is 0 Å². The highest BCUT2D eigenvalue weighted by Gasteiger charge is 2.39. The predicted octanol–water partition coefficient (Wildman–Crippen LogP) is 1.40. The van der Waals surface area contributed by atoms with Crippen molar-refractivity contribution in [1.29, 1.82) is 0 Å². The lowest BCUT2D eigenvalue weighted by Gasteiger charge is -2.09. The molecule has 1 fully saturated rings. The molecule has 0 aliphatic heterocycles. The second-order valence-corrected chi connectivity index (χ2v) is 5.10. The van der Waals surface area contributed by atoms with E-state index in [1.165, 1.54) is 0 Å². The van der Waals surface area contributed by atoms with Gasteiger partial charge in [0.05, 0.1) is 12.9 Å². The molecule has 1 aliphatic rings. The van der Waals surface area contributed by atoms with Gasteiger partial charge in [-0.2, -0.15) is 8.42 Å². The Labute approximate surface area is 76.2 Å². The van der Waals surface area contributed by atoms with Gasteiger partial charge in [0.1, 0.15) is 0 Å². The molecule has 0 aromatic carbocycles. The van der Waals surface area contributed by atoms with E-state index in [-0.39, 0.29) is 25.4 Å². The van der Waals surface area contributed by atoms with E-state index < -0.39 is 16.0 Å². The Morgan fingerprint density at radius 3 is 2.54 bits per heavy atom. The highest BCUT2D eigenvalue weighted by molar-refractivity contribution is 7.85. The van der Waals surface area contributed by atoms with E-state index in [1.54, 1.807) is 0 Å². The first-order chi connectivity index (χ1) is 5.79. The zero-order chi connectivity index (χ0) is 10.1. The summed E-state index contributed by atoms with van der Waals surface area (Å²) in [4.78, 5) is 0. The van der Waals surface area contributed by atoms with Gasteiger partial charge in [0, 0.05) is 12.8 Å². The fourth-order valence-electron chi connectivity index (χ4n) is 1.40. The molecule has 0 bridgehead atoms. The summed E-state index contributed by atoms with van der Waals surface area (Å²) in [6.07, 6.45) is 0.829. The average molecular weight is 214 g/mol. The molecular weight excluding hydrogens is 202 g/mol. The van der Waals surface area contributed by atoms with E-state index in [0.717, 1.165) is 6.26 Å². The van der Waals surface area contributed by atoms with Crippen LogP contribution in [0.15, 0.2) is 0 Å². The fourth-order valence-corrected chi connectivity index (χ4v) is 1.84. The van der Waals surface area contributed by atoms with Crippen LogP contribution in [0.2, 0.25) is 0 Å². The smallest absolute Gasteiger partial charge is 0.264 e. The summed E-state index contributed by atoms with van der Waals surface area (Å²) >= 11 is 0. The molecule has 78 valence electrons. The molecule has 0 amide bonds. The monoisotopic (exact) mass is 214 g/mol. The molecule has 1 aliphatic carbocycles. The average Bonchev–Trinajstić information content (AvgIpc) is 2.24. The first-order valence-corrected chi connectivity index (χ1v) is 5.82. The summed E-state index contributed by atoms with van der Waals surface area (Å²) < 4.78 is 50.7. The van der Waals surface area contributed by atoms with Crippen molar-refractivity contribution in [1.82, 2.24) is 0 Å². The van der Waals surface area contributed by atoms with Crippen LogP contribution >= 0.6 is 0 Å². The van der Waals surface area contributed by atoms with Gasteiger partial charge in [-0.15, -0.1) is 0 Å². The van der Waals surface area contributed by atoms with Gasteiger partial charge in [-0.25, -0.2) is 8.78 Å². The van der Waals surface area contributed by atoms with Gasteiger partial charge in [0.25, 0.3) is 10.1 Å². The Bertz CT molecular complexity index is 273. The lowest BCUT2D eigenvalue weighted by atomic mass is 10.1. The molecule has 1 saturated carbocycles. The maximum Gasteiger partial charge on any atom is 0.264 e. The Morgan fingerprint density at radius 1 is 1.54 bits per heavy atom. The Morgan fingerprint density at radius 2 is 2.15 bits per heavy atom. The molecule has 0 N–H and O–H groups in total. The topological polar surface area (TPSA) is 43.4 Å². The van der Waals surface area contributed by atoms with Gasteiger partial charge in [-0.1, -0.05) is 0 Å². The minimum Gasteiger partial charge on any atom is -0.270 e. The standard InChI is InChI=1S/C7H12F2O3S/c1-13(10,11)12-5-6-2-3-7(8,9)4-6/h6H,2-5H2,1H3. The van der Waals surface area contributed by atoms with Gasteiger partial charge >= 0.3 is 0 Å². The first-order valence-electron chi connectivity index (χ1n) is 4.01. The second kappa shape index (κ2) is 3.49. The van der Waals surface area contributed by atoms with Crippen LogP contribution in [0.5, 0.6) is 0 Å². The van der Waals surface area contributed by atoms with Crippen molar-refractivity contribution >= 4 is 10.1 Å². The summed E-state index contributed by atoms with van der Waals surface area (Å²) in [7, 11) is -3.49. The number of halogens is 2. The van der Waals surface area contributed by atoms with Gasteiger partial charge in [-0.05, 0) is 12.3 Å². The molecule has 6 heteroatoms. The number of rotatable bonds is 3. The van der Waals surface area contributed by atoms with Crippen LogP contribution < -0.4 is 0 Å². The minimum atomic E-state index is -3.49. The summed E-state index contributed by atoms with van der Waals surface area (Å²) in [5.74, 6) is -2.96. The van der Waals surface area contributed by atoms with E-state index >= 15 is 0 Å². The molecule has 0 spiro atoms. The van der Waals surface area contributed by atoms with Crippen molar-refractivity contribution in [2.75, 3.05) is 12.9 Å². The highest BCUT2D eigenvalue weighted by atomic mass is 32.2. The first kappa shape index (κ1) is 10.8. The fraction of sp³-hybridized carbons (Fsp3) is 1.00. The lowest BCUT2D eigenvalue weighted by molar-refractivity contribution is 0.00301. The van der Waals surface area contributed by atoms with Crippen LogP contribution in [0.25, 0.3) is 0 Å². The van der Waals surface area contributed by atoms with Gasteiger partial charge in [0.2, 0.25) is 5.92 Å². The third-order valence-electron chi connectivity index (χ3n) is 2.02. The van der Waals surface area contributed by atoms with Crippen molar-refractivity contribution in [3.8, 4) is 0 Å². The van der Waals surface area contributed by atoms with E-state index in [4.69, 9.17) is 0 Å². The summed E-state index contributed by atoms with van der Waals surface area (Å²) in [6, 6.07) is 0. The number of hydrogen-bond acceptors (Lipinski definition) is 3. The Kier molecular flexibility index (Phi) is 2.91. The lowest BCUT2D eigenvalue weighted by Crippen LogP contribution is -2.14. The molecule has 1 unspecified atom stereocenters. The largest absolute Gasteiger partial charge is 0.270 e. The van der Waals surface area contributed by atoms with Crippen molar-refractivity contribution in [2.45, 2.75) is 25.2 Å². The molecule has 0 heterocycles. The second-order valence-electron chi connectivity index (χ2n) is 3.45. The number of hydrogen-bond donors (Lipinski definition) is 0. The predicted molar refractivity (Wildman–Crippen MR) is 43.1 cm³/mol. The molecular formula is C7H12F2O3S. The zero-order valence-electron chi connectivity index (χ0n) is 7.29. The molecule has 3 nitrogen and oxygen atoms in total. The summed E-state index contributed by atoms with van der Waals surface area (Å²) in [5.41, 5.74) is 0. The summed E-state index contributed by atoms with van der Waals surface area (Å²) in [5, 5.41) is 0. The van der Waals surface area contributed by atoms with Crippen molar-refractivity contribution in [2.24, 2.45) is 5.92 Å². The molecule has 0 radical (unpaired) electrons. The normalized spacial score (nSPS) is 27.8. The molecule has 1 atom stereocenters. The minimum absolute atomic E-state index is 0.117. The van der Waals surface area contributed by atoms with Crippen molar-refractivity contribution < 1.29 is 21.4 Å². The zero-order valence-corrected chi connectivity index (χ0v) is 8.11. The maximum absolute atomic E-state index is 12.6. The molecule has 13 heavy (non-hydrogen) atoms. The molecule has 0 aromatic heterocycles. The summed E-state index contributed by atoms with van der Waals surface area (Å²) in [6.45, 7) is -0.117. The maximum atomic E-state index is 12.6. The van der Waals surface area contributed by atoms with Crippen molar-refractivity contribution in [3.05, 3.63) is 0 Å². The van der Waals surface area contributed by atoms with Gasteiger partial charge in [-0.3, -0.25) is 4.18 Å². The molecule has 0 aromatic rings. The molecule has 0 saturated heterocycles. The Hall–Kier alpha value is -0.230. The van der Waals surface area contributed by atoms with E-state index in [0.29, 0.717) is 6.42 Å². The van der Waals surface area contributed by atoms with E-state index in [2.05, 4.69) is 4.18 Å². The van der Waals surface area contributed by atoms with Crippen LogP contribution in [0, 0.1) is 5.92 Å². The Balaban J connectivity index is 2.34. The highest BCUT2D eigenvalue weighted by Crippen LogP contribution is 2.38. The van der Waals surface area contributed by atoms with E-state index in [1.807, 2.05) is 0 Å². The van der Waals surface area contributed by atoms with Crippen LogP contribution in [-0.2, 0) is 14.3 Å². The molecule has 1 rings (SSSR count). The quantitative estimate of drug-likeness (QED) is 0.667. The van der Waals surface area contributed by atoms with Gasteiger partial charge < -0.3 is 0 Å². The van der Waals surface area contributed by atoms with Crippen LogP contribution in [0.1, 0.15) is 19.3 Å². The third-order valence-corrected chi connectivity index (χ3v) is 2.59. The van der Waals surface area contributed by atoms with Gasteiger partial charge in [0.15, 0.2) is 0 Å². The van der Waals surface area contributed by atoms with Crippen LogP contribution in [-0.4, -0.2) is 27.2 Å². The van der Waals surface area contributed by atoms with Crippen molar-refractivity contribution in [3.63, 3.8) is 0 Å². The number of alkyl halides is 2. The SMILES string of the molecule is CS(=O)(=O)OCC1CCC(F)(F)C1. The van der Waals surface area contributed by atoms with E-state index in [9.17, 15) is 17.2 Å². The third kappa shape index (κ3) is 3.99.